The number of aromatic nitrogens is 2. The number of nitrogens with zero attached hydrogens (tertiary/aromatic N) is 3. The van der Waals surface area contributed by atoms with Gasteiger partial charge >= 0.3 is 5.82 Å². The third kappa shape index (κ3) is 3.78. The fraction of sp³-hybridized carbons (Fsp3) is 0.167. The minimum absolute atomic E-state index is 0.127. The maximum atomic E-state index is 11.8. The van der Waals surface area contributed by atoms with Gasteiger partial charge in [0.25, 0.3) is 0 Å². The first-order chi connectivity index (χ1) is 9.99. The number of halogens is 1. The van der Waals surface area contributed by atoms with Crippen LogP contribution in [-0.2, 0) is 11.3 Å². The first-order valence-corrected chi connectivity index (χ1v) is 6.60. The van der Waals surface area contributed by atoms with Gasteiger partial charge in [-0.3, -0.25) is 4.79 Å². The van der Waals surface area contributed by atoms with Crippen LogP contribution < -0.4 is 10.1 Å². The summed E-state index contributed by atoms with van der Waals surface area (Å²) in [5.74, 6) is 0.0111. The highest BCUT2D eigenvalue weighted by atomic mass is 79.9. The predicted molar refractivity (Wildman–Crippen MR) is 78.2 cm³/mol. The number of nitro groups is 1. The van der Waals surface area contributed by atoms with E-state index < -0.39 is 4.92 Å². The lowest BCUT2D eigenvalue weighted by Gasteiger charge is -2.05. The fourth-order valence-electron chi connectivity index (χ4n) is 1.61. The molecule has 0 radical (unpaired) electrons. The summed E-state index contributed by atoms with van der Waals surface area (Å²) in [6.07, 6.45) is 1.38. The molecule has 8 nitrogen and oxygen atoms in total. The summed E-state index contributed by atoms with van der Waals surface area (Å²) in [7, 11) is 1.55. The summed E-state index contributed by atoms with van der Waals surface area (Å²) >= 11 is 3.02. The van der Waals surface area contributed by atoms with Crippen molar-refractivity contribution in [3.05, 3.63) is 45.0 Å². The number of carbonyl (C=O) groups excluding carboxylic acids is 1. The van der Waals surface area contributed by atoms with Gasteiger partial charge in [0.05, 0.1) is 18.4 Å². The van der Waals surface area contributed by atoms with Gasteiger partial charge in [-0.1, -0.05) is 0 Å². The number of rotatable bonds is 5. The van der Waals surface area contributed by atoms with Crippen LogP contribution in [0.1, 0.15) is 0 Å². The lowest BCUT2D eigenvalue weighted by atomic mass is 10.3. The second-order valence-electron chi connectivity index (χ2n) is 4.03. The van der Waals surface area contributed by atoms with E-state index in [4.69, 9.17) is 4.74 Å². The van der Waals surface area contributed by atoms with Crippen molar-refractivity contribution in [2.75, 3.05) is 12.4 Å². The number of nitrogens with one attached hydrogen (secondary N) is 1. The number of ether oxygens (including phenoxy) is 1. The van der Waals surface area contributed by atoms with E-state index in [0.717, 1.165) is 0 Å². The van der Waals surface area contributed by atoms with Gasteiger partial charge in [0.2, 0.25) is 5.91 Å². The number of anilines is 1. The van der Waals surface area contributed by atoms with E-state index in [1.807, 2.05) is 0 Å². The first kappa shape index (κ1) is 15.0. The molecule has 1 aromatic carbocycles. The molecule has 0 fully saturated rings. The Morgan fingerprint density at radius 3 is 2.67 bits per heavy atom. The van der Waals surface area contributed by atoms with Crippen LogP contribution in [0.5, 0.6) is 5.75 Å². The maximum Gasteiger partial charge on any atom is 0.404 e. The minimum Gasteiger partial charge on any atom is -0.497 e. The van der Waals surface area contributed by atoms with Gasteiger partial charge in [-0.25, -0.2) is 0 Å². The monoisotopic (exact) mass is 354 g/mol. The summed E-state index contributed by atoms with van der Waals surface area (Å²) in [4.78, 5) is 21.9. The Balaban J connectivity index is 2.01. The van der Waals surface area contributed by atoms with E-state index in [-0.39, 0.29) is 22.7 Å². The van der Waals surface area contributed by atoms with Gasteiger partial charge in [-0.2, -0.15) is 4.68 Å². The molecule has 0 saturated carbocycles. The van der Waals surface area contributed by atoms with Crippen molar-refractivity contribution in [1.82, 2.24) is 9.78 Å². The summed E-state index contributed by atoms with van der Waals surface area (Å²) in [5, 5.41) is 17.0. The number of amides is 1. The van der Waals surface area contributed by atoms with Crippen LogP contribution in [0, 0.1) is 10.1 Å². The molecule has 0 bridgehead atoms. The Morgan fingerprint density at radius 2 is 2.14 bits per heavy atom. The molecule has 1 aromatic heterocycles. The molecule has 1 amide bonds. The van der Waals surface area contributed by atoms with Crippen molar-refractivity contribution < 1.29 is 14.5 Å². The zero-order chi connectivity index (χ0) is 15.4. The Bertz CT molecular complexity index is 668. The highest BCUT2D eigenvalue weighted by Crippen LogP contribution is 2.22. The Hall–Kier alpha value is -2.42. The summed E-state index contributed by atoms with van der Waals surface area (Å²) in [6.45, 7) is -0.127. The number of benzene rings is 1. The van der Waals surface area contributed by atoms with Crippen molar-refractivity contribution in [2.24, 2.45) is 0 Å². The normalized spacial score (nSPS) is 10.2. The number of hydrogen-bond donors (Lipinski definition) is 1. The van der Waals surface area contributed by atoms with E-state index in [9.17, 15) is 14.9 Å². The lowest BCUT2D eigenvalue weighted by Crippen LogP contribution is -2.19. The second-order valence-corrected chi connectivity index (χ2v) is 4.89. The van der Waals surface area contributed by atoms with Gasteiger partial charge in [0.1, 0.15) is 16.8 Å². The third-order valence-corrected chi connectivity index (χ3v) is 3.11. The van der Waals surface area contributed by atoms with Gasteiger partial charge in [-0.15, -0.1) is 0 Å². The van der Waals surface area contributed by atoms with Crippen molar-refractivity contribution in [1.29, 1.82) is 0 Å². The van der Waals surface area contributed by atoms with Gasteiger partial charge < -0.3 is 20.2 Å². The molecule has 1 heterocycles. The van der Waals surface area contributed by atoms with Gasteiger partial charge in [0, 0.05) is 5.69 Å². The molecule has 110 valence electrons. The van der Waals surface area contributed by atoms with Gasteiger partial charge in [0.15, 0.2) is 0 Å². The van der Waals surface area contributed by atoms with E-state index in [0.29, 0.717) is 11.4 Å². The number of hydrogen-bond acceptors (Lipinski definition) is 5. The Morgan fingerprint density at radius 1 is 1.48 bits per heavy atom. The van der Waals surface area contributed by atoms with E-state index in [1.165, 1.54) is 10.9 Å². The quantitative estimate of drug-likeness (QED) is 0.655. The molecular formula is C12H11BrN4O4. The first-order valence-electron chi connectivity index (χ1n) is 5.81. The molecule has 0 unspecified atom stereocenters. The zero-order valence-corrected chi connectivity index (χ0v) is 12.5. The van der Waals surface area contributed by atoms with E-state index in [2.05, 4.69) is 26.3 Å². The predicted octanol–water partition coefficient (Wildman–Crippen LogP) is 2.20. The molecule has 0 aliphatic heterocycles. The van der Waals surface area contributed by atoms with Crippen LogP contribution in [0.2, 0.25) is 0 Å². The second kappa shape index (κ2) is 6.35. The molecule has 9 heteroatoms. The molecule has 0 aliphatic carbocycles. The molecule has 21 heavy (non-hydrogen) atoms. The maximum absolute atomic E-state index is 11.8. The molecule has 2 rings (SSSR count). The summed E-state index contributed by atoms with van der Waals surface area (Å²) in [6, 6.07) is 6.81. The molecule has 0 aliphatic rings. The van der Waals surface area contributed by atoms with Crippen LogP contribution in [0.4, 0.5) is 11.5 Å². The zero-order valence-electron chi connectivity index (χ0n) is 10.9. The smallest absolute Gasteiger partial charge is 0.404 e. The van der Waals surface area contributed by atoms with Crippen molar-refractivity contribution in [3.8, 4) is 5.75 Å². The number of carbonyl (C=O) groups is 1. The molecule has 0 spiro atoms. The van der Waals surface area contributed by atoms with E-state index >= 15 is 0 Å². The van der Waals surface area contributed by atoms with Crippen LogP contribution in [0.3, 0.4) is 0 Å². The topological polar surface area (TPSA) is 99.3 Å². The molecule has 0 atom stereocenters. The fourth-order valence-corrected chi connectivity index (χ4v) is 2.07. The summed E-state index contributed by atoms with van der Waals surface area (Å²) in [5.41, 5.74) is 0.599. The van der Waals surface area contributed by atoms with E-state index in [1.54, 1.807) is 31.4 Å². The largest absolute Gasteiger partial charge is 0.497 e. The van der Waals surface area contributed by atoms with Crippen molar-refractivity contribution >= 4 is 33.3 Å². The third-order valence-electron chi connectivity index (χ3n) is 2.55. The van der Waals surface area contributed by atoms with Crippen molar-refractivity contribution in [3.63, 3.8) is 0 Å². The average Bonchev–Trinajstić information content (AvgIpc) is 2.80. The molecular weight excluding hydrogens is 344 g/mol. The van der Waals surface area contributed by atoms with Crippen LogP contribution >= 0.6 is 15.9 Å². The molecule has 0 saturated heterocycles. The minimum atomic E-state index is -0.623. The average molecular weight is 355 g/mol. The highest BCUT2D eigenvalue weighted by molar-refractivity contribution is 9.10. The Labute approximate surface area is 128 Å². The summed E-state index contributed by atoms with van der Waals surface area (Å²) < 4.78 is 6.43. The van der Waals surface area contributed by atoms with Crippen LogP contribution in [0.25, 0.3) is 0 Å². The molecule has 2 aromatic rings. The Kier molecular flexibility index (Phi) is 4.53. The van der Waals surface area contributed by atoms with Crippen LogP contribution in [0.15, 0.2) is 34.9 Å². The van der Waals surface area contributed by atoms with Gasteiger partial charge in [-0.05, 0) is 45.1 Å². The standard InChI is InChI=1S/C12H11BrN4O4/c1-21-9-4-2-8(3-5-9)14-11(18)7-16-6-10(13)12(15-16)17(19)20/h2-6H,7H2,1H3,(H,14,18). The van der Waals surface area contributed by atoms with Crippen LogP contribution in [-0.4, -0.2) is 27.7 Å². The highest BCUT2D eigenvalue weighted by Gasteiger charge is 2.19. The number of methoxy groups -OCH3 is 1. The SMILES string of the molecule is COc1ccc(NC(=O)Cn2cc(Br)c([N+](=O)[O-])n2)cc1. The molecule has 1 N–H and O–H groups in total. The van der Waals surface area contributed by atoms with Crippen molar-refractivity contribution in [2.45, 2.75) is 6.54 Å². The lowest BCUT2D eigenvalue weighted by molar-refractivity contribution is -0.390.